The molecule has 3 nitrogen and oxygen atoms in total. The van der Waals surface area contributed by atoms with E-state index in [2.05, 4.69) is 12.0 Å². The Hall–Kier alpha value is -0.570. The summed E-state index contributed by atoms with van der Waals surface area (Å²) in [6.07, 6.45) is 2.82. The van der Waals surface area contributed by atoms with Crippen molar-refractivity contribution in [1.82, 2.24) is 5.01 Å². The minimum absolute atomic E-state index is 0.617. The van der Waals surface area contributed by atoms with E-state index in [1.165, 1.54) is 0 Å². The monoisotopic (exact) mass is 204 g/mol. The van der Waals surface area contributed by atoms with Crippen molar-refractivity contribution in [1.29, 1.82) is 0 Å². The maximum absolute atomic E-state index is 5.16. The van der Waals surface area contributed by atoms with Crippen LogP contribution in [0.15, 0.2) is 5.10 Å². The first-order valence-electron chi connectivity index (χ1n) is 5.55. The van der Waals surface area contributed by atoms with E-state index in [0.29, 0.717) is 6.61 Å². The van der Waals surface area contributed by atoms with Crippen molar-refractivity contribution in [3.05, 3.63) is 0 Å². The SMILES string of the molecule is CC.CC.CCCOC/C=N/N(C)C. The molecule has 0 saturated heterocycles. The van der Waals surface area contributed by atoms with Gasteiger partial charge in [0.1, 0.15) is 0 Å². The lowest BCUT2D eigenvalue weighted by Crippen LogP contribution is -2.04. The van der Waals surface area contributed by atoms with Crippen LogP contribution in [0.5, 0.6) is 0 Å². The molecular formula is C11H28N2O. The lowest BCUT2D eigenvalue weighted by atomic mass is 10.5. The normalized spacial score (nSPS) is 8.50. The summed E-state index contributed by atoms with van der Waals surface area (Å²) in [6.45, 7) is 11.5. The van der Waals surface area contributed by atoms with Gasteiger partial charge in [-0.05, 0) is 6.42 Å². The molecule has 0 unspecified atom stereocenters. The average molecular weight is 204 g/mol. The molecular weight excluding hydrogens is 176 g/mol. The van der Waals surface area contributed by atoms with Gasteiger partial charge in [0.05, 0.1) is 12.8 Å². The topological polar surface area (TPSA) is 24.8 Å². The van der Waals surface area contributed by atoms with E-state index in [4.69, 9.17) is 4.74 Å². The van der Waals surface area contributed by atoms with Gasteiger partial charge in [0, 0.05) is 20.7 Å². The number of hydrazone groups is 1. The fraction of sp³-hybridized carbons (Fsp3) is 0.909. The largest absolute Gasteiger partial charge is 0.376 e. The zero-order valence-corrected chi connectivity index (χ0v) is 11.0. The zero-order valence-electron chi connectivity index (χ0n) is 11.0. The molecule has 0 atom stereocenters. The van der Waals surface area contributed by atoms with Crippen molar-refractivity contribution in [3.63, 3.8) is 0 Å². The molecule has 0 aromatic carbocycles. The van der Waals surface area contributed by atoms with Crippen LogP contribution in [0.25, 0.3) is 0 Å². The van der Waals surface area contributed by atoms with Crippen molar-refractivity contribution in [2.45, 2.75) is 41.0 Å². The Kier molecular flexibility index (Phi) is 31.1. The van der Waals surface area contributed by atoms with Gasteiger partial charge in [0.25, 0.3) is 0 Å². The number of ether oxygens (including phenoxy) is 1. The zero-order chi connectivity index (χ0) is 11.8. The Morgan fingerprint density at radius 1 is 1.14 bits per heavy atom. The van der Waals surface area contributed by atoms with Crippen LogP contribution < -0.4 is 0 Å². The Labute approximate surface area is 90.1 Å². The van der Waals surface area contributed by atoms with E-state index in [9.17, 15) is 0 Å². The van der Waals surface area contributed by atoms with Crippen LogP contribution in [-0.2, 0) is 4.74 Å². The second kappa shape index (κ2) is 22.9. The molecule has 0 bridgehead atoms. The fourth-order valence-corrected chi connectivity index (χ4v) is 0.477. The van der Waals surface area contributed by atoms with Crippen LogP contribution in [0.1, 0.15) is 41.0 Å². The fourth-order valence-electron chi connectivity index (χ4n) is 0.477. The van der Waals surface area contributed by atoms with Gasteiger partial charge in [0.2, 0.25) is 0 Å². The maximum Gasteiger partial charge on any atom is 0.0836 e. The van der Waals surface area contributed by atoms with E-state index < -0.39 is 0 Å². The molecule has 0 fully saturated rings. The molecule has 0 radical (unpaired) electrons. The molecule has 0 rings (SSSR count). The van der Waals surface area contributed by atoms with E-state index in [1.807, 2.05) is 41.8 Å². The van der Waals surface area contributed by atoms with Crippen LogP contribution in [-0.4, -0.2) is 38.5 Å². The van der Waals surface area contributed by atoms with Gasteiger partial charge < -0.3 is 9.75 Å². The van der Waals surface area contributed by atoms with E-state index in [-0.39, 0.29) is 0 Å². The summed E-state index contributed by atoms with van der Waals surface area (Å²) in [5.74, 6) is 0. The first-order valence-corrected chi connectivity index (χ1v) is 5.55. The van der Waals surface area contributed by atoms with Gasteiger partial charge >= 0.3 is 0 Å². The molecule has 88 valence electrons. The smallest absolute Gasteiger partial charge is 0.0836 e. The molecule has 0 spiro atoms. The predicted molar refractivity (Wildman–Crippen MR) is 66.0 cm³/mol. The minimum Gasteiger partial charge on any atom is -0.376 e. The Morgan fingerprint density at radius 2 is 1.64 bits per heavy atom. The van der Waals surface area contributed by atoms with Crippen LogP contribution in [0.3, 0.4) is 0 Å². The van der Waals surface area contributed by atoms with Crippen molar-refractivity contribution in [2.24, 2.45) is 5.10 Å². The van der Waals surface area contributed by atoms with Crippen molar-refractivity contribution < 1.29 is 4.74 Å². The first kappa shape index (κ1) is 19.1. The highest BCUT2D eigenvalue weighted by molar-refractivity contribution is 5.57. The van der Waals surface area contributed by atoms with Gasteiger partial charge in [-0.2, -0.15) is 5.10 Å². The van der Waals surface area contributed by atoms with Crippen molar-refractivity contribution >= 4 is 6.21 Å². The standard InChI is InChI=1S/C7H16N2O.2C2H6/c1-4-6-10-7-5-8-9(2)3;2*1-2/h5H,4,6-7H2,1-3H3;2*1-2H3/b8-5+;;. The summed E-state index contributed by atoms with van der Waals surface area (Å²) in [6, 6.07) is 0. The summed E-state index contributed by atoms with van der Waals surface area (Å²) in [5, 5.41) is 5.73. The number of nitrogens with zero attached hydrogens (tertiary/aromatic N) is 2. The van der Waals surface area contributed by atoms with E-state index >= 15 is 0 Å². The third-order valence-corrected chi connectivity index (χ3v) is 0.853. The summed E-state index contributed by atoms with van der Waals surface area (Å²) in [5.41, 5.74) is 0. The van der Waals surface area contributed by atoms with Crippen LogP contribution in [0.2, 0.25) is 0 Å². The maximum atomic E-state index is 5.16. The van der Waals surface area contributed by atoms with E-state index in [1.54, 1.807) is 11.2 Å². The quantitative estimate of drug-likeness (QED) is 0.391. The Morgan fingerprint density at radius 3 is 2.00 bits per heavy atom. The molecule has 0 aliphatic carbocycles. The van der Waals surface area contributed by atoms with Crippen LogP contribution >= 0.6 is 0 Å². The number of rotatable bonds is 5. The summed E-state index contributed by atoms with van der Waals surface area (Å²) in [4.78, 5) is 0. The molecule has 0 aromatic heterocycles. The number of hydrogen-bond donors (Lipinski definition) is 0. The van der Waals surface area contributed by atoms with Gasteiger partial charge in [-0.1, -0.05) is 34.6 Å². The molecule has 3 heteroatoms. The Balaban J connectivity index is -0.000000266. The third-order valence-electron chi connectivity index (χ3n) is 0.853. The second-order valence-electron chi connectivity index (χ2n) is 2.22. The molecule has 0 aromatic rings. The third kappa shape index (κ3) is 30.1. The summed E-state index contributed by atoms with van der Waals surface area (Å²) in [7, 11) is 3.77. The molecule has 0 heterocycles. The highest BCUT2D eigenvalue weighted by Crippen LogP contribution is 1.78. The van der Waals surface area contributed by atoms with E-state index in [0.717, 1.165) is 13.0 Å². The van der Waals surface area contributed by atoms with Gasteiger partial charge in [0.15, 0.2) is 0 Å². The molecule has 0 aliphatic rings. The first-order chi connectivity index (χ1) is 6.77. The lowest BCUT2D eigenvalue weighted by molar-refractivity contribution is 0.174. The second-order valence-corrected chi connectivity index (χ2v) is 2.22. The van der Waals surface area contributed by atoms with Gasteiger partial charge in [-0.3, -0.25) is 0 Å². The Bertz CT molecular complexity index is 93.3. The average Bonchev–Trinajstić information content (AvgIpc) is 2.23. The van der Waals surface area contributed by atoms with Crippen LogP contribution in [0, 0.1) is 0 Å². The summed E-state index contributed by atoms with van der Waals surface area (Å²) < 4.78 is 5.16. The van der Waals surface area contributed by atoms with Crippen molar-refractivity contribution in [2.75, 3.05) is 27.3 Å². The molecule has 0 amide bonds. The molecule has 0 saturated carbocycles. The lowest BCUT2D eigenvalue weighted by Gasteiger charge is -2.02. The van der Waals surface area contributed by atoms with Gasteiger partial charge in [-0.15, -0.1) is 0 Å². The molecule has 0 N–H and O–H groups in total. The molecule has 14 heavy (non-hydrogen) atoms. The summed E-state index contributed by atoms with van der Waals surface area (Å²) >= 11 is 0. The van der Waals surface area contributed by atoms with Gasteiger partial charge in [-0.25, -0.2) is 0 Å². The van der Waals surface area contributed by atoms with Crippen molar-refractivity contribution in [3.8, 4) is 0 Å². The minimum atomic E-state index is 0.617. The highest BCUT2D eigenvalue weighted by atomic mass is 16.5. The number of hydrogen-bond acceptors (Lipinski definition) is 3. The highest BCUT2D eigenvalue weighted by Gasteiger charge is 1.80. The predicted octanol–water partition coefficient (Wildman–Crippen LogP) is 3.01. The van der Waals surface area contributed by atoms with Crippen LogP contribution in [0.4, 0.5) is 0 Å². The molecule has 0 aliphatic heterocycles.